The highest BCUT2D eigenvalue weighted by Gasteiger charge is 2.42. The van der Waals surface area contributed by atoms with E-state index in [1.165, 1.54) is 11.8 Å². The van der Waals surface area contributed by atoms with Gasteiger partial charge in [-0.2, -0.15) is 0 Å². The third-order valence-electron chi connectivity index (χ3n) is 7.24. The molecule has 1 aromatic rings. The second kappa shape index (κ2) is 13.0. The maximum atomic E-state index is 13.6. The molecular formula is C28H40N4O6. The Morgan fingerprint density at radius 1 is 1.03 bits per heavy atom. The molecule has 10 heteroatoms. The van der Waals surface area contributed by atoms with E-state index in [0.29, 0.717) is 45.1 Å². The van der Waals surface area contributed by atoms with Crippen LogP contribution < -0.4 is 16.0 Å². The van der Waals surface area contributed by atoms with E-state index in [1.54, 1.807) is 13.8 Å². The number of rotatable bonds is 9. The fourth-order valence-electron chi connectivity index (χ4n) is 4.91. The van der Waals surface area contributed by atoms with Crippen molar-refractivity contribution < 1.29 is 29.1 Å². The van der Waals surface area contributed by atoms with Gasteiger partial charge in [0.05, 0.1) is 0 Å². The summed E-state index contributed by atoms with van der Waals surface area (Å²) in [6, 6.07) is 6.85. The average Bonchev–Trinajstić information content (AvgIpc) is 3.36. The Morgan fingerprint density at radius 2 is 1.74 bits per heavy atom. The minimum absolute atomic E-state index is 0.230. The summed E-state index contributed by atoms with van der Waals surface area (Å²) in [5.41, 5.74) is -0.460. The van der Waals surface area contributed by atoms with Crippen LogP contribution in [0, 0.1) is 0 Å². The molecule has 2 fully saturated rings. The number of aliphatic hydroxyl groups excluding tert-OH is 1. The fraction of sp³-hybridized carbons (Fsp3) is 0.607. The van der Waals surface area contributed by atoms with Gasteiger partial charge in [-0.3, -0.25) is 24.0 Å². The Balaban J connectivity index is 1.78. The average molecular weight is 529 g/mol. The van der Waals surface area contributed by atoms with Crippen LogP contribution in [-0.2, 0) is 30.4 Å². The van der Waals surface area contributed by atoms with Crippen LogP contribution in [-0.4, -0.2) is 75.7 Å². The van der Waals surface area contributed by atoms with Crippen molar-refractivity contribution in [1.29, 1.82) is 0 Å². The largest absolute Gasteiger partial charge is 0.386 e. The van der Waals surface area contributed by atoms with E-state index in [2.05, 4.69) is 16.0 Å². The molecule has 0 aromatic heterocycles. The molecule has 3 rings (SSSR count). The lowest BCUT2D eigenvalue weighted by atomic mass is 9.98. The summed E-state index contributed by atoms with van der Waals surface area (Å²) in [7, 11) is 0. The van der Waals surface area contributed by atoms with Gasteiger partial charge in [-0.05, 0) is 52.0 Å². The monoisotopic (exact) mass is 528 g/mol. The first kappa shape index (κ1) is 29.3. The third-order valence-corrected chi connectivity index (χ3v) is 7.24. The van der Waals surface area contributed by atoms with E-state index < -0.39 is 41.6 Å². The van der Waals surface area contributed by atoms with E-state index in [9.17, 15) is 29.1 Å². The lowest BCUT2D eigenvalue weighted by Gasteiger charge is -2.34. The highest BCUT2D eigenvalue weighted by Crippen LogP contribution is 2.21. The maximum Gasteiger partial charge on any atom is 0.246 e. The zero-order chi connectivity index (χ0) is 27.9. The Bertz CT molecular complexity index is 1030. The number of hydrogen-bond acceptors (Lipinski definition) is 6. The van der Waals surface area contributed by atoms with Crippen molar-refractivity contribution in [2.24, 2.45) is 0 Å². The smallest absolute Gasteiger partial charge is 0.246 e. The molecule has 1 aromatic carbocycles. The maximum absolute atomic E-state index is 13.6. The van der Waals surface area contributed by atoms with Gasteiger partial charge >= 0.3 is 0 Å². The molecule has 2 saturated heterocycles. The van der Waals surface area contributed by atoms with E-state index in [-0.39, 0.29) is 30.4 Å². The quantitative estimate of drug-likeness (QED) is 0.352. The minimum Gasteiger partial charge on any atom is -0.386 e. The SMILES string of the molecule is C[C@H](O)C(=O)CCCCC[C@@H]1NC(=O)[C@@H]2CCCN2C(=O)[C@H](Cc2ccccc2)NC(=O)C(C)(C)NC1=O. The van der Waals surface area contributed by atoms with Crippen LogP contribution in [0.1, 0.15) is 71.3 Å². The number of hydrogen-bond donors (Lipinski definition) is 4. The Kier molecular flexibility index (Phi) is 10.0. The molecule has 0 spiro atoms. The second-order valence-electron chi connectivity index (χ2n) is 10.8. The van der Waals surface area contributed by atoms with E-state index in [0.717, 1.165) is 5.56 Å². The predicted molar refractivity (Wildman–Crippen MR) is 141 cm³/mol. The molecule has 38 heavy (non-hydrogen) atoms. The number of ketones is 1. The summed E-state index contributed by atoms with van der Waals surface area (Å²) in [6.07, 6.45) is 2.72. The molecule has 4 amide bonds. The number of fused-ring (bicyclic) bond motifs is 1. The summed E-state index contributed by atoms with van der Waals surface area (Å²) in [5.74, 6) is -1.90. The molecule has 0 saturated carbocycles. The van der Waals surface area contributed by atoms with Crippen molar-refractivity contribution in [2.75, 3.05) is 6.54 Å². The number of aliphatic hydroxyl groups is 1. The summed E-state index contributed by atoms with van der Waals surface area (Å²) < 4.78 is 0. The second-order valence-corrected chi connectivity index (χ2v) is 10.8. The third kappa shape index (κ3) is 7.63. The van der Waals surface area contributed by atoms with Gasteiger partial charge in [0.15, 0.2) is 5.78 Å². The van der Waals surface area contributed by atoms with Gasteiger partial charge in [-0.25, -0.2) is 0 Å². The van der Waals surface area contributed by atoms with Crippen molar-refractivity contribution in [3.05, 3.63) is 35.9 Å². The summed E-state index contributed by atoms with van der Waals surface area (Å²) in [6.45, 7) is 4.96. The number of nitrogens with zero attached hydrogens (tertiary/aromatic N) is 1. The number of benzene rings is 1. The first-order chi connectivity index (χ1) is 18.0. The van der Waals surface area contributed by atoms with Crippen LogP contribution >= 0.6 is 0 Å². The normalized spacial score (nSPS) is 24.8. The minimum atomic E-state index is -1.33. The van der Waals surface area contributed by atoms with Gasteiger partial charge in [0.1, 0.15) is 29.8 Å². The Labute approximate surface area is 223 Å². The van der Waals surface area contributed by atoms with Crippen molar-refractivity contribution >= 4 is 29.4 Å². The van der Waals surface area contributed by atoms with E-state index in [1.807, 2.05) is 30.3 Å². The number of carbonyl (C=O) groups is 5. The van der Waals surface area contributed by atoms with Crippen molar-refractivity contribution in [1.82, 2.24) is 20.9 Å². The van der Waals surface area contributed by atoms with Crippen molar-refractivity contribution in [2.45, 2.75) is 102 Å². The first-order valence-electron chi connectivity index (χ1n) is 13.5. The molecule has 208 valence electrons. The Hall–Kier alpha value is -3.27. The zero-order valence-corrected chi connectivity index (χ0v) is 22.5. The summed E-state index contributed by atoms with van der Waals surface area (Å²) >= 11 is 0. The topological polar surface area (TPSA) is 145 Å². The molecule has 0 radical (unpaired) electrons. The van der Waals surface area contributed by atoms with Crippen LogP contribution in [0.4, 0.5) is 0 Å². The van der Waals surface area contributed by atoms with Crippen molar-refractivity contribution in [3.63, 3.8) is 0 Å². The zero-order valence-electron chi connectivity index (χ0n) is 22.5. The number of unbranched alkanes of at least 4 members (excludes halogenated alkanes) is 2. The van der Waals surface area contributed by atoms with Crippen LogP contribution in [0.2, 0.25) is 0 Å². The molecule has 2 heterocycles. The van der Waals surface area contributed by atoms with Gasteiger partial charge in [0.2, 0.25) is 23.6 Å². The van der Waals surface area contributed by atoms with Gasteiger partial charge < -0.3 is 26.0 Å². The molecule has 2 aliphatic rings. The fourth-order valence-corrected chi connectivity index (χ4v) is 4.91. The molecule has 0 bridgehead atoms. The molecule has 10 nitrogen and oxygen atoms in total. The molecule has 0 unspecified atom stereocenters. The lowest BCUT2D eigenvalue weighted by Crippen LogP contribution is -2.64. The van der Waals surface area contributed by atoms with Crippen LogP contribution in [0.25, 0.3) is 0 Å². The van der Waals surface area contributed by atoms with Gasteiger partial charge in [-0.15, -0.1) is 0 Å². The van der Waals surface area contributed by atoms with Gasteiger partial charge in [-0.1, -0.05) is 43.2 Å². The van der Waals surface area contributed by atoms with Crippen LogP contribution in [0.15, 0.2) is 30.3 Å². The predicted octanol–water partition coefficient (Wildman–Crippen LogP) is 0.999. The van der Waals surface area contributed by atoms with Crippen LogP contribution in [0.3, 0.4) is 0 Å². The number of nitrogens with one attached hydrogen (secondary N) is 3. The van der Waals surface area contributed by atoms with E-state index >= 15 is 0 Å². The number of amides is 4. The highest BCUT2D eigenvalue weighted by molar-refractivity contribution is 5.99. The molecule has 4 N–H and O–H groups in total. The van der Waals surface area contributed by atoms with Crippen LogP contribution in [0.5, 0.6) is 0 Å². The lowest BCUT2D eigenvalue weighted by molar-refractivity contribution is -0.144. The molecular weight excluding hydrogens is 488 g/mol. The first-order valence-corrected chi connectivity index (χ1v) is 13.5. The summed E-state index contributed by atoms with van der Waals surface area (Å²) in [4.78, 5) is 66.7. The molecule has 4 atom stereocenters. The Morgan fingerprint density at radius 3 is 2.42 bits per heavy atom. The van der Waals surface area contributed by atoms with Gasteiger partial charge in [0.25, 0.3) is 0 Å². The number of Topliss-reactive ketones (excluding diaryl/α,β-unsaturated/α-hetero) is 1. The highest BCUT2D eigenvalue weighted by atomic mass is 16.3. The van der Waals surface area contributed by atoms with Gasteiger partial charge in [0, 0.05) is 19.4 Å². The summed E-state index contributed by atoms with van der Waals surface area (Å²) in [5, 5.41) is 17.8. The molecule has 0 aliphatic carbocycles. The number of carbonyl (C=O) groups excluding carboxylic acids is 5. The molecule has 2 aliphatic heterocycles. The van der Waals surface area contributed by atoms with E-state index in [4.69, 9.17) is 0 Å². The standard InChI is InChI=1S/C28H40N4O6/c1-18(33)23(34)15-9-5-8-13-20-24(35)31-28(2,3)27(38)30-21(17-19-11-6-4-7-12-19)26(37)32-16-10-14-22(32)25(36)29-20/h4,6-7,11-12,18,20-22,33H,5,8-10,13-17H2,1-3H3,(H,29,36)(H,30,38)(H,31,35)/t18-,20-,21-,22-/m0/s1. The van der Waals surface area contributed by atoms with Crippen molar-refractivity contribution in [3.8, 4) is 0 Å².